The zero-order valence-corrected chi connectivity index (χ0v) is 15.6. The van der Waals surface area contributed by atoms with Gasteiger partial charge in [0.15, 0.2) is 11.3 Å². The molecule has 0 saturated heterocycles. The first kappa shape index (κ1) is 17.9. The summed E-state index contributed by atoms with van der Waals surface area (Å²) >= 11 is 0. The van der Waals surface area contributed by atoms with Gasteiger partial charge in [-0.25, -0.2) is 0 Å². The molecule has 0 saturated carbocycles. The topological polar surface area (TPSA) is 84.3 Å². The SMILES string of the molecule is CCOc1cccc2cc(C(C)NC(=O)c3cc4ccccc4c(=O)[nH]3)oc12. The molecule has 4 rings (SSSR count). The van der Waals surface area contributed by atoms with Gasteiger partial charge in [0.25, 0.3) is 11.5 Å². The second-order valence-electron chi connectivity index (χ2n) is 6.55. The molecule has 2 aromatic carbocycles. The number of para-hydroxylation sites is 1. The van der Waals surface area contributed by atoms with Gasteiger partial charge >= 0.3 is 0 Å². The van der Waals surface area contributed by atoms with Crippen molar-refractivity contribution in [3.8, 4) is 5.75 Å². The lowest BCUT2D eigenvalue weighted by Gasteiger charge is -2.11. The number of carbonyl (C=O) groups is 1. The molecule has 0 aliphatic carbocycles. The van der Waals surface area contributed by atoms with Crippen LogP contribution in [0.3, 0.4) is 0 Å². The standard InChI is InChI=1S/C22H20N2O4/c1-3-27-18-10-6-8-15-12-19(28-20(15)18)13(2)23-22(26)17-11-14-7-4-5-9-16(14)21(25)24-17/h4-13H,3H2,1-2H3,(H,23,26)(H,24,25). The first-order valence-corrected chi connectivity index (χ1v) is 9.15. The molecule has 0 aliphatic heterocycles. The van der Waals surface area contributed by atoms with Gasteiger partial charge in [-0.15, -0.1) is 0 Å². The number of hydrogen-bond donors (Lipinski definition) is 2. The fourth-order valence-corrected chi connectivity index (χ4v) is 3.22. The third-order valence-corrected chi connectivity index (χ3v) is 4.60. The lowest BCUT2D eigenvalue weighted by molar-refractivity contribution is 0.0930. The number of nitrogens with one attached hydrogen (secondary N) is 2. The van der Waals surface area contributed by atoms with E-state index in [0.717, 1.165) is 5.39 Å². The molecule has 2 N–H and O–H groups in total. The normalized spacial score (nSPS) is 12.2. The van der Waals surface area contributed by atoms with Crippen molar-refractivity contribution in [1.29, 1.82) is 0 Å². The molecule has 6 heteroatoms. The Morgan fingerprint density at radius 1 is 1.14 bits per heavy atom. The zero-order valence-electron chi connectivity index (χ0n) is 15.6. The molecule has 28 heavy (non-hydrogen) atoms. The number of aromatic amines is 1. The second kappa shape index (κ2) is 7.23. The van der Waals surface area contributed by atoms with E-state index in [1.165, 1.54) is 0 Å². The number of hydrogen-bond acceptors (Lipinski definition) is 4. The van der Waals surface area contributed by atoms with Crippen molar-refractivity contribution in [2.75, 3.05) is 6.61 Å². The summed E-state index contributed by atoms with van der Waals surface area (Å²) in [5.41, 5.74) is 0.572. The molecule has 0 radical (unpaired) electrons. The highest BCUT2D eigenvalue weighted by atomic mass is 16.5. The number of H-pyrrole nitrogens is 1. The molecule has 1 atom stereocenters. The average Bonchev–Trinajstić information content (AvgIpc) is 3.14. The van der Waals surface area contributed by atoms with Crippen LogP contribution >= 0.6 is 0 Å². The summed E-state index contributed by atoms with van der Waals surface area (Å²) in [4.78, 5) is 27.5. The first-order valence-electron chi connectivity index (χ1n) is 9.15. The molecule has 0 aliphatic rings. The van der Waals surface area contributed by atoms with Crippen molar-refractivity contribution >= 4 is 27.6 Å². The molecule has 1 amide bonds. The number of aromatic nitrogens is 1. The van der Waals surface area contributed by atoms with E-state index >= 15 is 0 Å². The van der Waals surface area contributed by atoms with Crippen molar-refractivity contribution in [3.63, 3.8) is 0 Å². The molecule has 2 aromatic heterocycles. The Hall–Kier alpha value is -3.54. The number of amides is 1. The average molecular weight is 376 g/mol. The minimum absolute atomic E-state index is 0.210. The summed E-state index contributed by atoms with van der Waals surface area (Å²) in [6.07, 6.45) is 0. The Kier molecular flexibility index (Phi) is 4.61. The number of rotatable bonds is 5. The summed E-state index contributed by atoms with van der Waals surface area (Å²) in [5, 5.41) is 5.04. The van der Waals surface area contributed by atoms with Crippen LogP contribution in [0.5, 0.6) is 5.75 Å². The maximum atomic E-state index is 12.7. The highest BCUT2D eigenvalue weighted by Gasteiger charge is 2.18. The summed E-state index contributed by atoms with van der Waals surface area (Å²) in [6.45, 7) is 4.28. The number of benzene rings is 2. The van der Waals surface area contributed by atoms with E-state index in [1.54, 1.807) is 24.3 Å². The van der Waals surface area contributed by atoms with Gasteiger partial charge in [-0.2, -0.15) is 0 Å². The lowest BCUT2D eigenvalue weighted by atomic mass is 10.1. The van der Waals surface area contributed by atoms with Crippen molar-refractivity contribution in [2.45, 2.75) is 19.9 Å². The maximum absolute atomic E-state index is 12.7. The van der Waals surface area contributed by atoms with Gasteiger partial charge in [-0.1, -0.05) is 30.3 Å². The van der Waals surface area contributed by atoms with Gasteiger partial charge in [0.05, 0.1) is 12.6 Å². The molecule has 4 aromatic rings. The van der Waals surface area contributed by atoms with Gasteiger partial charge in [0.1, 0.15) is 11.5 Å². The quantitative estimate of drug-likeness (QED) is 0.548. The number of carbonyl (C=O) groups excluding carboxylic acids is 1. The fraction of sp³-hybridized carbons (Fsp3) is 0.182. The van der Waals surface area contributed by atoms with E-state index in [-0.39, 0.29) is 23.2 Å². The second-order valence-corrected chi connectivity index (χ2v) is 6.55. The highest BCUT2D eigenvalue weighted by Crippen LogP contribution is 2.31. The van der Waals surface area contributed by atoms with Crippen LogP contribution in [-0.4, -0.2) is 17.5 Å². The van der Waals surface area contributed by atoms with Crippen molar-refractivity contribution < 1.29 is 13.9 Å². The summed E-state index contributed by atoms with van der Waals surface area (Å²) < 4.78 is 11.5. The first-order chi connectivity index (χ1) is 13.6. The van der Waals surface area contributed by atoms with Crippen LogP contribution in [0.2, 0.25) is 0 Å². The molecule has 2 heterocycles. The molecule has 0 spiro atoms. The van der Waals surface area contributed by atoms with Crippen molar-refractivity contribution in [3.05, 3.63) is 76.4 Å². The third kappa shape index (κ3) is 3.24. The maximum Gasteiger partial charge on any atom is 0.268 e. The Balaban J connectivity index is 1.60. The van der Waals surface area contributed by atoms with E-state index < -0.39 is 0 Å². The Labute approximate surface area is 161 Å². The van der Waals surface area contributed by atoms with Crippen LogP contribution in [0, 0.1) is 0 Å². The van der Waals surface area contributed by atoms with Gasteiger partial charge in [-0.3, -0.25) is 9.59 Å². The molecule has 142 valence electrons. The zero-order chi connectivity index (χ0) is 19.7. The molecule has 0 fully saturated rings. The predicted molar refractivity (Wildman–Crippen MR) is 108 cm³/mol. The molecule has 0 bridgehead atoms. The third-order valence-electron chi connectivity index (χ3n) is 4.60. The Bertz CT molecular complexity index is 1220. The van der Waals surface area contributed by atoms with Crippen LogP contribution in [0.25, 0.3) is 21.7 Å². The summed E-state index contributed by atoms with van der Waals surface area (Å²) in [5.74, 6) is 0.906. The van der Waals surface area contributed by atoms with E-state index in [4.69, 9.17) is 9.15 Å². The van der Waals surface area contributed by atoms with Gasteiger partial charge in [-0.05, 0) is 43.5 Å². The lowest BCUT2D eigenvalue weighted by Crippen LogP contribution is -2.28. The van der Waals surface area contributed by atoms with Crippen LogP contribution in [0.15, 0.2) is 63.8 Å². The van der Waals surface area contributed by atoms with E-state index in [2.05, 4.69) is 10.3 Å². The van der Waals surface area contributed by atoms with Crippen molar-refractivity contribution in [1.82, 2.24) is 10.3 Å². The predicted octanol–water partition coefficient (Wildman–Crippen LogP) is 4.16. The molecule has 6 nitrogen and oxygen atoms in total. The van der Waals surface area contributed by atoms with Crippen LogP contribution in [0.4, 0.5) is 0 Å². The van der Waals surface area contributed by atoms with Gasteiger partial charge < -0.3 is 19.5 Å². The van der Waals surface area contributed by atoms with Gasteiger partial charge in [0, 0.05) is 10.8 Å². The number of furan rings is 1. The van der Waals surface area contributed by atoms with Crippen LogP contribution < -0.4 is 15.6 Å². The van der Waals surface area contributed by atoms with Crippen molar-refractivity contribution in [2.24, 2.45) is 0 Å². The monoisotopic (exact) mass is 376 g/mol. The Morgan fingerprint density at radius 3 is 2.75 bits per heavy atom. The number of fused-ring (bicyclic) bond motifs is 2. The fourth-order valence-electron chi connectivity index (χ4n) is 3.22. The van der Waals surface area contributed by atoms with E-state index in [9.17, 15) is 9.59 Å². The Morgan fingerprint density at radius 2 is 1.93 bits per heavy atom. The van der Waals surface area contributed by atoms with Crippen LogP contribution in [0.1, 0.15) is 36.1 Å². The number of ether oxygens (including phenoxy) is 1. The van der Waals surface area contributed by atoms with Crippen LogP contribution in [-0.2, 0) is 0 Å². The minimum atomic E-state index is -0.385. The number of pyridine rings is 1. The molecule has 1 unspecified atom stereocenters. The van der Waals surface area contributed by atoms with E-state index in [1.807, 2.05) is 44.2 Å². The summed E-state index contributed by atoms with van der Waals surface area (Å²) in [7, 11) is 0. The summed E-state index contributed by atoms with van der Waals surface area (Å²) in [6, 6.07) is 16.0. The molecular weight excluding hydrogens is 356 g/mol. The minimum Gasteiger partial charge on any atom is -0.490 e. The molecular formula is C22H20N2O4. The highest BCUT2D eigenvalue weighted by molar-refractivity contribution is 5.96. The van der Waals surface area contributed by atoms with Gasteiger partial charge in [0.2, 0.25) is 0 Å². The largest absolute Gasteiger partial charge is 0.490 e. The smallest absolute Gasteiger partial charge is 0.268 e. The van der Waals surface area contributed by atoms with E-state index in [0.29, 0.717) is 34.5 Å².